The smallest absolute Gasteiger partial charge is 0.308 e. The number of carbonyl (C=O) groups is 1. The summed E-state index contributed by atoms with van der Waals surface area (Å²) in [5.41, 5.74) is 0.527. The first-order chi connectivity index (χ1) is 7.43. The van der Waals surface area contributed by atoms with Gasteiger partial charge >= 0.3 is 5.97 Å². The third-order valence-electron chi connectivity index (χ3n) is 2.28. The van der Waals surface area contributed by atoms with Gasteiger partial charge in [0.2, 0.25) is 9.84 Å². The van der Waals surface area contributed by atoms with Gasteiger partial charge in [-0.2, -0.15) is 0 Å². The highest BCUT2D eigenvalue weighted by Gasteiger charge is 2.31. The summed E-state index contributed by atoms with van der Waals surface area (Å²) in [5, 5.41) is 8.64. The van der Waals surface area contributed by atoms with Gasteiger partial charge in [0, 0.05) is 10.0 Å². The molecule has 16 heavy (non-hydrogen) atoms. The van der Waals surface area contributed by atoms with Crippen molar-refractivity contribution in [3.63, 3.8) is 0 Å². The lowest BCUT2D eigenvalue weighted by Gasteiger charge is -2.01. The molecule has 0 spiro atoms. The average Bonchev–Trinajstić information content (AvgIpc) is 2.41. The van der Waals surface area contributed by atoms with Crippen LogP contribution in [0, 0.1) is 0 Å². The molecule has 1 heterocycles. The van der Waals surface area contributed by atoms with E-state index >= 15 is 0 Å². The number of benzene rings is 1. The molecule has 1 aliphatic heterocycles. The number of rotatable bonds is 2. The fraction of sp³-hybridized carbons (Fsp3) is 0.100. The lowest BCUT2D eigenvalue weighted by atomic mass is 10.2. The predicted molar refractivity (Wildman–Crippen MR) is 61.6 cm³/mol. The van der Waals surface area contributed by atoms with Crippen LogP contribution in [0.2, 0.25) is 0 Å². The van der Waals surface area contributed by atoms with Gasteiger partial charge in [-0.3, -0.25) is 4.79 Å². The topological polar surface area (TPSA) is 71.4 Å². The van der Waals surface area contributed by atoms with Crippen molar-refractivity contribution in [1.82, 2.24) is 0 Å². The first-order valence-corrected chi connectivity index (χ1v) is 6.66. The highest BCUT2D eigenvalue weighted by molar-refractivity contribution is 9.10. The zero-order chi connectivity index (χ0) is 11.9. The minimum absolute atomic E-state index is 0.0677. The van der Waals surface area contributed by atoms with Crippen molar-refractivity contribution in [1.29, 1.82) is 0 Å². The van der Waals surface area contributed by atoms with E-state index in [1.54, 1.807) is 12.1 Å². The minimum atomic E-state index is -3.61. The number of carboxylic acid groups (broad SMARTS) is 1. The number of carboxylic acids is 1. The molecule has 6 heteroatoms. The Hall–Kier alpha value is -1.14. The van der Waals surface area contributed by atoms with Crippen LogP contribution in [0.25, 0.3) is 6.08 Å². The molecule has 0 saturated heterocycles. The number of hydrogen-bond acceptors (Lipinski definition) is 3. The van der Waals surface area contributed by atoms with E-state index < -0.39 is 22.2 Å². The van der Waals surface area contributed by atoms with Crippen molar-refractivity contribution in [2.24, 2.45) is 0 Å². The Labute approximate surface area is 101 Å². The maximum atomic E-state index is 11.9. The molecule has 0 fully saturated rings. The van der Waals surface area contributed by atoms with Gasteiger partial charge in [-0.15, -0.1) is 0 Å². The van der Waals surface area contributed by atoms with Crippen LogP contribution in [0.5, 0.6) is 0 Å². The molecule has 1 N–H and O–H groups in total. The van der Waals surface area contributed by atoms with Gasteiger partial charge in [0.1, 0.15) is 0 Å². The van der Waals surface area contributed by atoms with Crippen LogP contribution in [-0.2, 0) is 14.6 Å². The third kappa shape index (κ3) is 1.68. The van der Waals surface area contributed by atoms with Crippen molar-refractivity contribution in [3.8, 4) is 0 Å². The summed E-state index contributed by atoms with van der Waals surface area (Å²) in [6.45, 7) is 0. The zero-order valence-electron chi connectivity index (χ0n) is 7.97. The van der Waals surface area contributed by atoms with E-state index in [1.165, 1.54) is 12.1 Å². The molecule has 1 aromatic rings. The van der Waals surface area contributed by atoms with Crippen LogP contribution >= 0.6 is 15.9 Å². The maximum absolute atomic E-state index is 11.9. The maximum Gasteiger partial charge on any atom is 0.308 e. The average molecular weight is 303 g/mol. The summed E-state index contributed by atoms with van der Waals surface area (Å²) in [4.78, 5) is 10.7. The molecule has 0 amide bonds. The number of halogens is 1. The number of aliphatic carboxylic acids is 1. The van der Waals surface area contributed by atoms with E-state index in [9.17, 15) is 13.2 Å². The number of hydrogen-bond donors (Lipinski definition) is 1. The number of fused-ring (bicyclic) bond motifs is 1. The summed E-state index contributed by atoms with van der Waals surface area (Å²) >= 11 is 3.24. The molecule has 2 rings (SSSR count). The monoisotopic (exact) mass is 302 g/mol. The van der Waals surface area contributed by atoms with E-state index in [1.807, 2.05) is 0 Å². The van der Waals surface area contributed by atoms with Crippen molar-refractivity contribution >= 4 is 37.8 Å². The Morgan fingerprint density at radius 1 is 1.38 bits per heavy atom. The Morgan fingerprint density at radius 2 is 2.06 bits per heavy atom. The molecule has 0 unspecified atom stereocenters. The highest BCUT2D eigenvalue weighted by atomic mass is 79.9. The summed E-state index contributed by atoms with van der Waals surface area (Å²) in [6.07, 6.45) is 0.923. The zero-order valence-corrected chi connectivity index (χ0v) is 10.4. The van der Waals surface area contributed by atoms with E-state index in [-0.39, 0.29) is 9.80 Å². The second kappa shape index (κ2) is 3.71. The van der Waals surface area contributed by atoms with Gasteiger partial charge in [0.05, 0.1) is 16.2 Å². The second-order valence-corrected chi connectivity index (χ2v) is 6.16. The minimum Gasteiger partial charge on any atom is -0.481 e. The molecule has 4 nitrogen and oxygen atoms in total. The quantitative estimate of drug-likeness (QED) is 0.907. The van der Waals surface area contributed by atoms with Gasteiger partial charge in [-0.05, 0) is 18.2 Å². The third-order valence-corrected chi connectivity index (χ3v) is 4.86. The molecule has 0 saturated carbocycles. The Bertz CT molecular complexity index is 601. The number of sulfone groups is 1. The van der Waals surface area contributed by atoms with E-state index in [0.29, 0.717) is 10.0 Å². The Morgan fingerprint density at radius 3 is 2.62 bits per heavy atom. The second-order valence-electron chi connectivity index (χ2n) is 3.34. The summed E-state index contributed by atoms with van der Waals surface area (Å²) < 4.78 is 24.5. The molecule has 0 aliphatic carbocycles. The molecular weight excluding hydrogens is 296 g/mol. The summed E-state index contributed by atoms with van der Waals surface area (Å²) in [7, 11) is -3.61. The summed E-state index contributed by atoms with van der Waals surface area (Å²) in [6, 6.07) is 4.80. The van der Waals surface area contributed by atoms with Crippen LogP contribution in [0.15, 0.2) is 32.5 Å². The molecule has 0 radical (unpaired) electrons. The van der Waals surface area contributed by atoms with E-state index in [0.717, 1.165) is 0 Å². The van der Waals surface area contributed by atoms with Gasteiger partial charge in [-0.1, -0.05) is 22.0 Å². The van der Waals surface area contributed by atoms with Crippen molar-refractivity contribution in [3.05, 3.63) is 33.1 Å². The fourth-order valence-corrected chi connectivity index (χ4v) is 3.76. The van der Waals surface area contributed by atoms with Crippen molar-refractivity contribution in [2.45, 2.75) is 11.3 Å². The van der Waals surface area contributed by atoms with Gasteiger partial charge < -0.3 is 5.11 Å². The van der Waals surface area contributed by atoms with Gasteiger partial charge in [0.15, 0.2) is 0 Å². The fourth-order valence-electron chi connectivity index (χ4n) is 1.57. The van der Waals surface area contributed by atoms with Gasteiger partial charge in [-0.25, -0.2) is 8.42 Å². The van der Waals surface area contributed by atoms with Gasteiger partial charge in [0.25, 0.3) is 0 Å². The first-order valence-electron chi connectivity index (χ1n) is 4.39. The Balaban J connectivity index is 2.61. The van der Waals surface area contributed by atoms with Crippen molar-refractivity contribution in [2.75, 3.05) is 0 Å². The molecular formula is C10H7BrO4S. The van der Waals surface area contributed by atoms with Crippen LogP contribution in [-0.4, -0.2) is 19.5 Å². The normalized spacial score (nSPS) is 16.7. The predicted octanol–water partition coefficient (Wildman–Crippen LogP) is 2.05. The first kappa shape index (κ1) is 11.3. The SMILES string of the molecule is O=C(O)CC1=Cc2c(Br)cccc2S1(=O)=O. The van der Waals surface area contributed by atoms with Crippen LogP contribution < -0.4 is 0 Å². The van der Waals surface area contributed by atoms with E-state index in [2.05, 4.69) is 15.9 Å². The summed E-state index contributed by atoms with van der Waals surface area (Å²) in [5.74, 6) is -1.15. The lowest BCUT2D eigenvalue weighted by Crippen LogP contribution is -2.05. The Kier molecular flexibility index (Phi) is 2.63. The molecule has 0 atom stereocenters. The van der Waals surface area contributed by atoms with Crippen LogP contribution in [0.3, 0.4) is 0 Å². The van der Waals surface area contributed by atoms with Crippen LogP contribution in [0.1, 0.15) is 12.0 Å². The van der Waals surface area contributed by atoms with E-state index in [4.69, 9.17) is 5.11 Å². The largest absolute Gasteiger partial charge is 0.481 e. The molecule has 0 aromatic heterocycles. The standard InChI is InChI=1S/C10H7BrO4S/c11-8-2-1-3-9-7(8)4-6(5-10(12)13)16(9,14)15/h1-4H,5H2,(H,12,13). The molecule has 0 bridgehead atoms. The lowest BCUT2D eigenvalue weighted by molar-refractivity contribution is -0.136. The molecule has 1 aromatic carbocycles. The molecule has 84 valence electrons. The molecule has 1 aliphatic rings. The van der Waals surface area contributed by atoms with Crippen LogP contribution in [0.4, 0.5) is 0 Å². The van der Waals surface area contributed by atoms with Crippen molar-refractivity contribution < 1.29 is 18.3 Å². The highest BCUT2D eigenvalue weighted by Crippen LogP contribution is 2.38.